The lowest BCUT2D eigenvalue weighted by Crippen LogP contribution is -2.37. The molecule has 1 aliphatic heterocycles. The van der Waals surface area contributed by atoms with Crippen LogP contribution in [0.1, 0.15) is 5.69 Å². The Bertz CT molecular complexity index is 727. The maximum Gasteiger partial charge on any atom is 0.269 e. The number of anilines is 1. The van der Waals surface area contributed by atoms with Crippen molar-refractivity contribution in [2.75, 3.05) is 31.2 Å². The molecule has 0 unspecified atom stereocenters. The maximum atomic E-state index is 10.7. The van der Waals surface area contributed by atoms with Gasteiger partial charge in [0.15, 0.2) is 5.82 Å². The molecular formula is C13H12N6O3. The van der Waals surface area contributed by atoms with E-state index in [1.54, 1.807) is 12.1 Å². The highest BCUT2D eigenvalue weighted by molar-refractivity contribution is 5.51. The van der Waals surface area contributed by atoms with Crippen LogP contribution in [0.3, 0.4) is 0 Å². The topological polar surface area (TPSA) is 110 Å². The number of nitrogens with zero attached hydrogens (tertiary/aromatic N) is 6. The third-order valence-corrected chi connectivity index (χ3v) is 3.30. The van der Waals surface area contributed by atoms with Crippen molar-refractivity contribution in [3.05, 3.63) is 40.1 Å². The molecule has 1 aromatic heterocycles. The summed E-state index contributed by atoms with van der Waals surface area (Å²) < 4.78 is 5.28. The minimum Gasteiger partial charge on any atom is -0.378 e. The molecular weight excluding hydrogens is 288 g/mol. The van der Waals surface area contributed by atoms with Gasteiger partial charge >= 0.3 is 0 Å². The van der Waals surface area contributed by atoms with Gasteiger partial charge in [0.05, 0.1) is 23.8 Å². The molecule has 0 aliphatic carbocycles. The number of benzene rings is 1. The molecule has 1 aliphatic rings. The Labute approximate surface area is 125 Å². The molecule has 3 rings (SSSR count). The number of ether oxygens (including phenoxy) is 1. The van der Waals surface area contributed by atoms with Crippen molar-refractivity contribution in [1.82, 2.24) is 15.0 Å². The molecule has 1 saturated heterocycles. The van der Waals surface area contributed by atoms with Crippen molar-refractivity contribution in [2.45, 2.75) is 0 Å². The molecule has 0 radical (unpaired) electrons. The number of nitro groups is 1. The van der Waals surface area contributed by atoms with Crippen molar-refractivity contribution in [3.63, 3.8) is 0 Å². The summed E-state index contributed by atoms with van der Waals surface area (Å²) in [6.07, 6.45) is 0. The molecule has 0 N–H and O–H groups in total. The summed E-state index contributed by atoms with van der Waals surface area (Å²) in [4.78, 5) is 13.4. The highest BCUT2D eigenvalue weighted by Gasteiger charge is 2.20. The van der Waals surface area contributed by atoms with Gasteiger partial charge in [0, 0.05) is 25.2 Å². The second-order valence-electron chi connectivity index (χ2n) is 4.65. The summed E-state index contributed by atoms with van der Waals surface area (Å²) in [7, 11) is 0. The number of hydrogen-bond donors (Lipinski definition) is 0. The van der Waals surface area contributed by atoms with Gasteiger partial charge in [-0.05, 0) is 12.1 Å². The highest BCUT2D eigenvalue weighted by atomic mass is 16.6. The molecule has 9 nitrogen and oxygen atoms in total. The number of hydrogen-bond acceptors (Lipinski definition) is 7. The summed E-state index contributed by atoms with van der Waals surface area (Å²) >= 11 is 0. The number of morpholine rings is 1. The first-order valence-electron chi connectivity index (χ1n) is 6.64. The molecule has 112 valence electrons. The Hall–Kier alpha value is -2.99. The summed E-state index contributed by atoms with van der Waals surface area (Å²) in [6, 6.07) is 7.86. The van der Waals surface area contributed by atoms with Gasteiger partial charge in [-0.15, -0.1) is 15.0 Å². The van der Waals surface area contributed by atoms with E-state index in [-0.39, 0.29) is 11.4 Å². The van der Waals surface area contributed by atoms with E-state index in [1.165, 1.54) is 16.9 Å². The average molecular weight is 300 g/mol. The highest BCUT2D eigenvalue weighted by Crippen LogP contribution is 2.20. The zero-order chi connectivity index (χ0) is 15.5. The second kappa shape index (κ2) is 5.79. The van der Waals surface area contributed by atoms with Crippen LogP contribution in [0.25, 0.3) is 5.69 Å². The van der Waals surface area contributed by atoms with Crippen LogP contribution in [0.5, 0.6) is 0 Å². The van der Waals surface area contributed by atoms with E-state index < -0.39 is 4.92 Å². The molecule has 0 amide bonds. The van der Waals surface area contributed by atoms with Gasteiger partial charge in [0.2, 0.25) is 5.69 Å². The van der Waals surface area contributed by atoms with Gasteiger partial charge in [-0.1, -0.05) is 0 Å². The molecule has 0 spiro atoms. The van der Waals surface area contributed by atoms with Crippen LogP contribution in [0.2, 0.25) is 0 Å². The molecule has 1 aromatic carbocycles. The first-order valence-corrected chi connectivity index (χ1v) is 6.64. The van der Waals surface area contributed by atoms with Crippen molar-refractivity contribution in [1.29, 1.82) is 5.26 Å². The smallest absolute Gasteiger partial charge is 0.269 e. The van der Waals surface area contributed by atoms with E-state index in [0.717, 1.165) is 0 Å². The standard InChI is InChI=1S/C13H12N6O3/c14-9-12-13(17-5-7-22-8-6-17)16-18(15-12)10-1-3-11(4-2-10)19(20)21/h1-4H,5-8H2. The van der Waals surface area contributed by atoms with E-state index in [1.807, 2.05) is 11.0 Å². The summed E-state index contributed by atoms with van der Waals surface area (Å²) in [5.74, 6) is 0.504. The number of nitro benzene ring substituents is 1. The average Bonchev–Trinajstić information content (AvgIpc) is 3.00. The van der Waals surface area contributed by atoms with Crippen LogP contribution < -0.4 is 4.90 Å². The van der Waals surface area contributed by atoms with Gasteiger partial charge in [-0.3, -0.25) is 10.1 Å². The van der Waals surface area contributed by atoms with Crippen LogP contribution in [0.15, 0.2) is 24.3 Å². The first kappa shape index (κ1) is 14.0. The Morgan fingerprint density at radius 1 is 1.23 bits per heavy atom. The van der Waals surface area contributed by atoms with Crippen LogP contribution in [-0.2, 0) is 4.74 Å². The Balaban J connectivity index is 1.93. The number of non-ortho nitro benzene ring substituents is 1. The van der Waals surface area contributed by atoms with Gasteiger partial charge < -0.3 is 9.64 Å². The summed E-state index contributed by atoms with van der Waals surface area (Å²) in [5, 5.41) is 28.4. The summed E-state index contributed by atoms with van der Waals surface area (Å²) in [6.45, 7) is 2.45. The molecule has 22 heavy (non-hydrogen) atoms. The van der Waals surface area contributed by atoms with Gasteiger partial charge in [0.1, 0.15) is 6.07 Å². The SMILES string of the molecule is N#Cc1nn(-c2ccc([N+](=O)[O-])cc2)nc1N1CCOCC1. The second-order valence-corrected chi connectivity index (χ2v) is 4.65. The minimum atomic E-state index is -0.472. The maximum absolute atomic E-state index is 10.7. The number of rotatable bonds is 3. The largest absolute Gasteiger partial charge is 0.378 e. The molecule has 0 saturated carbocycles. The normalized spacial score (nSPS) is 14.6. The van der Waals surface area contributed by atoms with Crippen LogP contribution >= 0.6 is 0 Å². The van der Waals surface area contributed by atoms with E-state index in [4.69, 9.17) is 4.74 Å². The predicted octanol–water partition coefficient (Wildman–Crippen LogP) is 0.884. The predicted molar refractivity (Wildman–Crippen MR) is 75.8 cm³/mol. The Morgan fingerprint density at radius 3 is 2.50 bits per heavy atom. The first-order chi connectivity index (χ1) is 10.7. The summed E-state index contributed by atoms with van der Waals surface area (Å²) in [5.41, 5.74) is 0.770. The molecule has 2 aromatic rings. The Kier molecular flexibility index (Phi) is 3.67. The lowest BCUT2D eigenvalue weighted by molar-refractivity contribution is -0.384. The number of aromatic nitrogens is 3. The van der Waals surface area contributed by atoms with Crippen molar-refractivity contribution >= 4 is 11.5 Å². The molecule has 0 atom stereocenters. The quantitative estimate of drug-likeness (QED) is 0.611. The molecule has 1 fully saturated rings. The van der Waals surface area contributed by atoms with E-state index >= 15 is 0 Å². The molecule has 9 heteroatoms. The zero-order valence-corrected chi connectivity index (χ0v) is 11.5. The van der Waals surface area contributed by atoms with Crippen molar-refractivity contribution < 1.29 is 9.66 Å². The Morgan fingerprint density at radius 2 is 1.91 bits per heavy atom. The fourth-order valence-electron chi connectivity index (χ4n) is 2.18. The molecule has 0 bridgehead atoms. The monoisotopic (exact) mass is 300 g/mol. The number of nitriles is 1. The van der Waals surface area contributed by atoms with Gasteiger partial charge in [0.25, 0.3) is 5.69 Å². The van der Waals surface area contributed by atoms with Gasteiger partial charge in [-0.25, -0.2) is 0 Å². The van der Waals surface area contributed by atoms with E-state index in [0.29, 0.717) is 37.8 Å². The lowest BCUT2D eigenvalue weighted by Gasteiger charge is -2.26. The van der Waals surface area contributed by atoms with Gasteiger partial charge in [-0.2, -0.15) is 5.26 Å². The zero-order valence-electron chi connectivity index (χ0n) is 11.5. The van der Waals surface area contributed by atoms with Crippen LogP contribution in [-0.4, -0.2) is 46.2 Å². The van der Waals surface area contributed by atoms with E-state index in [2.05, 4.69) is 10.2 Å². The van der Waals surface area contributed by atoms with Crippen molar-refractivity contribution in [2.24, 2.45) is 0 Å². The lowest BCUT2D eigenvalue weighted by atomic mass is 10.3. The van der Waals surface area contributed by atoms with Crippen LogP contribution in [0.4, 0.5) is 11.5 Å². The third-order valence-electron chi connectivity index (χ3n) is 3.30. The third kappa shape index (κ3) is 2.59. The minimum absolute atomic E-state index is 0.00943. The fourth-order valence-corrected chi connectivity index (χ4v) is 2.18. The fraction of sp³-hybridized carbons (Fsp3) is 0.308. The van der Waals surface area contributed by atoms with Crippen molar-refractivity contribution in [3.8, 4) is 11.8 Å². The molecule has 2 heterocycles. The van der Waals surface area contributed by atoms with Crippen LogP contribution in [0, 0.1) is 21.4 Å². The van der Waals surface area contributed by atoms with E-state index in [9.17, 15) is 15.4 Å².